The summed E-state index contributed by atoms with van der Waals surface area (Å²) in [5.74, 6) is 0.464. The Morgan fingerprint density at radius 3 is 2.33 bits per heavy atom. The molecule has 2 heterocycles. The predicted molar refractivity (Wildman–Crippen MR) is 111 cm³/mol. The summed E-state index contributed by atoms with van der Waals surface area (Å²) >= 11 is 0. The van der Waals surface area contributed by atoms with Crippen molar-refractivity contribution in [2.24, 2.45) is 0 Å². The fourth-order valence-corrected chi connectivity index (χ4v) is 3.93. The first-order valence-corrected chi connectivity index (χ1v) is 10.6. The third kappa shape index (κ3) is 3.82. The highest BCUT2D eigenvalue weighted by Crippen LogP contribution is 2.36. The van der Waals surface area contributed by atoms with Gasteiger partial charge in [-0.1, -0.05) is 19.9 Å². The molecule has 0 aromatic heterocycles. The molecule has 8 heteroatoms. The molecule has 3 atom stereocenters. The molecule has 2 aliphatic heterocycles. The van der Waals surface area contributed by atoms with Crippen LogP contribution in [0, 0.1) is 0 Å². The highest BCUT2D eigenvalue weighted by atomic mass is 16.6. The van der Waals surface area contributed by atoms with E-state index in [1.54, 1.807) is 30.0 Å². The van der Waals surface area contributed by atoms with Crippen molar-refractivity contribution < 1.29 is 23.9 Å². The van der Waals surface area contributed by atoms with Crippen LogP contribution < -0.4 is 14.8 Å². The number of carbonyl (C=O) groups excluding carboxylic acids is 3. The summed E-state index contributed by atoms with van der Waals surface area (Å²) < 4.78 is 11.1. The minimum absolute atomic E-state index is 0.0254. The van der Waals surface area contributed by atoms with Gasteiger partial charge in [-0.3, -0.25) is 14.5 Å². The fourth-order valence-electron chi connectivity index (χ4n) is 3.93. The fraction of sp³-hybridized carbons (Fsp3) is 0.591. The number of ether oxygens (including phenoxy) is 2. The van der Waals surface area contributed by atoms with Gasteiger partial charge >= 0.3 is 6.03 Å². The summed E-state index contributed by atoms with van der Waals surface area (Å²) in [6, 6.07) is 4.66. The molecule has 0 aliphatic carbocycles. The number of urea groups is 1. The second kappa shape index (κ2) is 8.53. The maximum atomic E-state index is 13.2. The van der Waals surface area contributed by atoms with Crippen molar-refractivity contribution in [3.8, 4) is 11.5 Å². The molecule has 4 amide bonds. The number of nitrogens with zero attached hydrogens (tertiary/aromatic N) is 2. The van der Waals surface area contributed by atoms with Crippen molar-refractivity contribution >= 4 is 17.8 Å². The smallest absolute Gasteiger partial charge is 0.325 e. The number of amides is 4. The Morgan fingerprint density at radius 1 is 1.13 bits per heavy atom. The lowest BCUT2D eigenvalue weighted by Gasteiger charge is -2.35. The molecule has 3 rings (SSSR count). The van der Waals surface area contributed by atoms with E-state index < -0.39 is 17.5 Å². The van der Waals surface area contributed by atoms with Gasteiger partial charge in [-0.25, -0.2) is 4.79 Å². The molecule has 164 valence electrons. The molecule has 1 aromatic carbocycles. The van der Waals surface area contributed by atoms with Crippen LogP contribution in [-0.4, -0.2) is 59.5 Å². The van der Waals surface area contributed by atoms with Crippen LogP contribution in [0.15, 0.2) is 18.2 Å². The van der Waals surface area contributed by atoms with Crippen LogP contribution in [0.25, 0.3) is 0 Å². The molecule has 1 fully saturated rings. The second-order valence-corrected chi connectivity index (χ2v) is 8.12. The van der Waals surface area contributed by atoms with Crippen molar-refractivity contribution in [1.29, 1.82) is 0 Å². The Labute approximate surface area is 177 Å². The van der Waals surface area contributed by atoms with E-state index in [2.05, 4.69) is 5.32 Å². The summed E-state index contributed by atoms with van der Waals surface area (Å²) in [6.07, 6.45) is 1.59. The van der Waals surface area contributed by atoms with Gasteiger partial charge in [-0.15, -0.1) is 0 Å². The van der Waals surface area contributed by atoms with Gasteiger partial charge in [0.15, 0.2) is 11.5 Å². The molecule has 1 saturated heterocycles. The first-order chi connectivity index (χ1) is 14.2. The van der Waals surface area contributed by atoms with Crippen LogP contribution in [0.5, 0.6) is 11.5 Å². The van der Waals surface area contributed by atoms with E-state index in [1.165, 1.54) is 0 Å². The number of carbonyl (C=O) groups is 3. The van der Waals surface area contributed by atoms with Crippen molar-refractivity contribution in [3.05, 3.63) is 23.8 Å². The van der Waals surface area contributed by atoms with Gasteiger partial charge in [-0.05, 0) is 51.3 Å². The molecule has 8 nitrogen and oxygen atoms in total. The quantitative estimate of drug-likeness (QED) is 0.689. The van der Waals surface area contributed by atoms with Crippen LogP contribution in [0.4, 0.5) is 4.79 Å². The third-order valence-electron chi connectivity index (χ3n) is 6.11. The number of fused-ring (bicyclic) bond motifs is 1. The first kappa shape index (κ1) is 21.9. The molecule has 30 heavy (non-hydrogen) atoms. The van der Waals surface area contributed by atoms with Gasteiger partial charge in [0.1, 0.15) is 25.3 Å². The lowest BCUT2D eigenvalue weighted by Crippen LogP contribution is -2.50. The Hall–Kier alpha value is -2.77. The van der Waals surface area contributed by atoms with Gasteiger partial charge in [0.05, 0.1) is 0 Å². The molecule has 0 radical (unpaired) electrons. The van der Waals surface area contributed by atoms with Gasteiger partial charge in [0.2, 0.25) is 5.91 Å². The van der Waals surface area contributed by atoms with E-state index in [9.17, 15) is 14.4 Å². The Morgan fingerprint density at radius 2 is 1.73 bits per heavy atom. The highest BCUT2D eigenvalue weighted by Gasteiger charge is 2.50. The van der Waals surface area contributed by atoms with Crippen molar-refractivity contribution in [2.45, 2.75) is 65.1 Å². The van der Waals surface area contributed by atoms with E-state index in [0.717, 1.165) is 17.7 Å². The molecule has 0 unspecified atom stereocenters. The van der Waals surface area contributed by atoms with Crippen molar-refractivity contribution in [3.63, 3.8) is 0 Å². The summed E-state index contributed by atoms with van der Waals surface area (Å²) in [5, 5.41) is 2.75. The second-order valence-electron chi connectivity index (χ2n) is 8.12. The van der Waals surface area contributed by atoms with Crippen molar-refractivity contribution in [2.75, 3.05) is 19.8 Å². The number of rotatable bonds is 7. The summed E-state index contributed by atoms with van der Waals surface area (Å²) in [5.41, 5.74) is -0.689. The Bertz CT molecular complexity index is 832. The van der Waals surface area contributed by atoms with Gasteiger partial charge in [-0.2, -0.15) is 0 Å². The Balaban J connectivity index is 1.82. The highest BCUT2D eigenvalue weighted by molar-refractivity contribution is 6.09. The van der Waals surface area contributed by atoms with Crippen LogP contribution in [-0.2, 0) is 15.1 Å². The van der Waals surface area contributed by atoms with E-state index >= 15 is 0 Å². The number of imide groups is 1. The van der Waals surface area contributed by atoms with Gasteiger partial charge < -0.3 is 19.7 Å². The summed E-state index contributed by atoms with van der Waals surface area (Å²) in [6.45, 7) is 10.3. The molecule has 0 saturated carbocycles. The largest absolute Gasteiger partial charge is 0.486 e. The topological polar surface area (TPSA) is 88.2 Å². The summed E-state index contributed by atoms with van der Waals surface area (Å²) in [4.78, 5) is 41.7. The normalized spacial score (nSPS) is 22.5. The summed E-state index contributed by atoms with van der Waals surface area (Å²) in [7, 11) is 0. The van der Waals surface area contributed by atoms with E-state index in [4.69, 9.17) is 9.47 Å². The zero-order chi connectivity index (χ0) is 22.1. The molecule has 1 aromatic rings. The van der Waals surface area contributed by atoms with E-state index in [-0.39, 0.29) is 24.5 Å². The number of nitrogens with one attached hydrogen (secondary N) is 1. The zero-order valence-electron chi connectivity index (χ0n) is 18.4. The molecule has 0 bridgehead atoms. The van der Waals surface area contributed by atoms with Crippen molar-refractivity contribution in [1.82, 2.24) is 15.1 Å². The van der Waals surface area contributed by atoms with Crippen LogP contribution in [0.3, 0.4) is 0 Å². The van der Waals surface area contributed by atoms with Crippen LogP contribution >= 0.6 is 0 Å². The van der Waals surface area contributed by atoms with Gasteiger partial charge in [0.25, 0.3) is 5.91 Å². The van der Waals surface area contributed by atoms with Crippen LogP contribution in [0.2, 0.25) is 0 Å². The van der Waals surface area contributed by atoms with E-state index in [1.807, 2.05) is 27.7 Å². The maximum absolute atomic E-state index is 13.2. The lowest BCUT2D eigenvalue weighted by atomic mass is 9.91. The predicted octanol–water partition coefficient (Wildman–Crippen LogP) is 2.65. The van der Waals surface area contributed by atoms with Gasteiger partial charge in [0, 0.05) is 12.1 Å². The standard InChI is InChI=1S/C22H31N3O5/c1-6-14(3)25(15(4)7-2)19(26)13-24-20(27)22(5,23-21(24)28)16-8-9-17-18(12-16)30-11-10-29-17/h8-9,12,14-15H,6-7,10-11,13H2,1-5H3,(H,23,28)/t14-,15-,22-/m1/s1. The Kier molecular flexibility index (Phi) is 6.24. The maximum Gasteiger partial charge on any atom is 0.325 e. The number of hydrogen-bond acceptors (Lipinski definition) is 5. The van der Waals surface area contributed by atoms with Crippen LogP contribution in [0.1, 0.15) is 53.0 Å². The van der Waals surface area contributed by atoms with E-state index in [0.29, 0.717) is 30.3 Å². The third-order valence-corrected chi connectivity index (χ3v) is 6.11. The lowest BCUT2D eigenvalue weighted by molar-refractivity contribution is -0.141. The first-order valence-electron chi connectivity index (χ1n) is 10.6. The average molecular weight is 418 g/mol. The molecule has 2 aliphatic rings. The minimum atomic E-state index is -1.27. The number of hydrogen-bond donors (Lipinski definition) is 1. The molecule has 0 spiro atoms. The average Bonchev–Trinajstić information content (AvgIpc) is 2.97. The zero-order valence-corrected chi connectivity index (χ0v) is 18.4. The SMILES string of the molecule is CC[C@@H](C)N(C(=O)CN1C(=O)N[C@](C)(c2ccc3c(c2)OCCO3)C1=O)[C@H](C)CC. The monoisotopic (exact) mass is 417 g/mol. The molecule has 1 N–H and O–H groups in total. The number of benzene rings is 1. The minimum Gasteiger partial charge on any atom is -0.486 e. The molecular weight excluding hydrogens is 386 g/mol. The molecular formula is C22H31N3O5.